The predicted molar refractivity (Wildman–Crippen MR) is 120 cm³/mol. The fourth-order valence-electron chi connectivity index (χ4n) is 5.29. The third-order valence-corrected chi connectivity index (χ3v) is 6.86. The van der Waals surface area contributed by atoms with Crippen LogP contribution in [0.4, 0.5) is 0 Å². The highest BCUT2D eigenvalue weighted by Crippen LogP contribution is 2.58. The summed E-state index contributed by atoms with van der Waals surface area (Å²) in [5, 5.41) is 10.0. The van der Waals surface area contributed by atoms with Gasteiger partial charge in [-0.15, -0.1) is 0 Å². The molecule has 1 saturated carbocycles. The lowest BCUT2D eigenvalue weighted by Gasteiger charge is -2.39. The van der Waals surface area contributed by atoms with Gasteiger partial charge in [0.15, 0.2) is 0 Å². The van der Waals surface area contributed by atoms with Crippen molar-refractivity contribution in [1.82, 2.24) is 0 Å². The van der Waals surface area contributed by atoms with Crippen molar-refractivity contribution in [3.8, 4) is 6.07 Å². The zero-order chi connectivity index (χ0) is 20.6. The van der Waals surface area contributed by atoms with Gasteiger partial charge in [0, 0.05) is 5.41 Å². The largest absolute Gasteiger partial charge is 0.398 e. The molecule has 2 aliphatic carbocycles. The van der Waals surface area contributed by atoms with Gasteiger partial charge in [-0.05, 0) is 35.1 Å². The molecule has 0 amide bonds. The first kappa shape index (κ1) is 18.5. The van der Waals surface area contributed by atoms with Gasteiger partial charge in [-0.25, -0.2) is 0 Å². The number of nitrogens with zero attached hydrogens (tertiary/aromatic N) is 1. The van der Waals surface area contributed by atoms with E-state index in [1.54, 1.807) is 0 Å². The van der Waals surface area contributed by atoms with Crippen LogP contribution in [0.5, 0.6) is 0 Å². The van der Waals surface area contributed by atoms with Crippen LogP contribution in [0.15, 0.2) is 114 Å². The highest BCUT2D eigenvalue weighted by Gasteiger charge is 2.51. The summed E-state index contributed by atoms with van der Waals surface area (Å²) in [6.45, 7) is 0. The maximum atomic E-state index is 10.0. The fraction of sp³-hybridized carbons (Fsp3) is 0.179. The summed E-state index contributed by atoms with van der Waals surface area (Å²) in [6.07, 6.45) is 5.44. The lowest BCUT2D eigenvalue weighted by Crippen LogP contribution is -2.34. The van der Waals surface area contributed by atoms with Gasteiger partial charge in [0.1, 0.15) is 0 Å². The van der Waals surface area contributed by atoms with E-state index in [0.29, 0.717) is 5.70 Å². The third kappa shape index (κ3) is 2.49. The molecule has 0 saturated heterocycles. The van der Waals surface area contributed by atoms with Crippen molar-refractivity contribution in [2.45, 2.75) is 24.7 Å². The van der Waals surface area contributed by atoms with Gasteiger partial charge >= 0.3 is 0 Å². The summed E-state index contributed by atoms with van der Waals surface area (Å²) in [7, 11) is 0. The maximum Gasteiger partial charge on any atom is 0.0978 e. The number of hydrogen-bond donors (Lipinski definition) is 1. The summed E-state index contributed by atoms with van der Waals surface area (Å²) in [5.41, 5.74) is 11.9. The van der Waals surface area contributed by atoms with Gasteiger partial charge in [-0.1, -0.05) is 103 Å². The van der Waals surface area contributed by atoms with E-state index in [2.05, 4.69) is 84.9 Å². The van der Waals surface area contributed by atoms with Gasteiger partial charge in [0.05, 0.1) is 22.8 Å². The number of nitriles is 1. The molecule has 0 bridgehead atoms. The van der Waals surface area contributed by atoms with Gasteiger partial charge in [0.25, 0.3) is 0 Å². The second kappa shape index (κ2) is 7.04. The Kier molecular flexibility index (Phi) is 4.33. The van der Waals surface area contributed by atoms with Gasteiger partial charge in [-0.3, -0.25) is 0 Å². The Hall–Kier alpha value is -3.57. The Morgan fingerprint density at radius 1 is 0.733 bits per heavy atom. The van der Waals surface area contributed by atoms with E-state index in [1.807, 2.05) is 18.2 Å². The zero-order valence-corrected chi connectivity index (χ0v) is 16.9. The lowest BCUT2D eigenvalue weighted by atomic mass is 9.63. The minimum Gasteiger partial charge on any atom is -0.398 e. The van der Waals surface area contributed by atoms with Crippen molar-refractivity contribution in [3.63, 3.8) is 0 Å². The molecule has 0 atom stereocenters. The molecule has 2 heteroatoms. The second-order valence-electron chi connectivity index (χ2n) is 8.32. The van der Waals surface area contributed by atoms with Crippen LogP contribution in [0.1, 0.15) is 36.0 Å². The van der Waals surface area contributed by atoms with Crippen molar-refractivity contribution < 1.29 is 0 Å². The van der Waals surface area contributed by atoms with Crippen molar-refractivity contribution in [1.29, 1.82) is 5.26 Å². The average Bonchev–Trinajstić information content (AvgIpc) is 3.10. The number of nitrogens with two attached hydrogens (primary N) is 1. The molecule has 0 aromatic heterocycles. The first-order valence-electron chi connectivity index (χ1n) is 10.5. The fourth-order valence-corrected chi connectivity index (χ4v) is 5.29. The molecule has 2 aliphatic rings. The van der Waals surface area contributed by atoms with Crippen LogP contribution in [0.3, 0.4) is 0 Å². The van der Waals surface area contributed by atoms with Gasteiger partial charge in [0.2, 0.25) is 0 Å². The van der Waals surface area contributed by atoms with E-state index in [-0.39, 0.29) is 5.41 Å². The van der Waals surface area contributed by atoms with Crippen molar-refractivity contribution in [3.05, 3.63) is 131 Å². The van der Waals surface area contributed by atoms with E-state index in [4.69, 9.17) is 5.73 Å². The van der Waals surface area contributed by atoms with Crippen LogP contribution in [-0.2, 0) is 5.41 Å². The molecule has 0 heterocycles. The molecule has 3 aromatic rings. The Balaban J connectivity index is 1.90. The van der Waals surface area contributed by atoms with Gasteiger partial charge in [-0.2, -0.15) is 5.26 Å². The molecule has 0 radical (unpaired) electrons. The number of allylic oxidation sites excluding steroid dienone is 3. The van der Waals surface area contributed by atoms with Crippen LogP contribution < -0.4 is 5.73 Å². The molecule has 5 rings (SSSR count). The summed E-state index contributed by atoms with van der Waals surface area (Å²) in [6, 6.07) is 34.1. The standard InChI is InChI=1S/C28H24N2/c29-20-25-26(30)24(19-27(25)17-10-18-27)28(21-11-4-1-5-12-21,22-13-6-2-7-14-22)23-15-8-3-9-16-23/h1-9,11-16,19H,10,17-18,30H2. The smallest absolute Gasteiger partial charge is 0.0978 e. The van der Waals surface area contributed by atoms with E-state index in [0.717, 1.165) is 47.1 Å². The Morgan fingerprint density at radius 2 is 1.17 bits per heavy atom. The number of hydrogen-bond acceptors (Lipinski definition) is 2. The summed E-state index contributed by atoms with van der Waals surface area (Å²) in [5.74, 6) is 0. The summed E-state index contributed by atoms with van der Waals surface area (Å²) >= 11 is 0. The quantitative estimate of drug-likeness (QED) is 0.569. The second-order valence-corrected chi connectivity index (χ2v) is 8.32. The molecule has 2 nitrogen and oxygen atoms in total. The maximum absolute atomic E-state index is 10.0. The lowest BCUT2D eigenvalue weighted by molar-refractivity contribution is 0.268. The van der Waals surface area contributed by atoms with Crippen LogP contribution in [-0.4, -0.2) is 0 Å². The average molecular weight is 389 g/mol. The molecule has 1 spiro atoms. The molecule has 0 unspecified atom stereocenters. The van der Waals surface area contributed by atoms with Crippen molar-refractivity contribution in [2.75, 3.05) is 0 Å². The Morgan fingerprint density at radius 3 is 1.47 bits per heavy atom. The van der Waals surface area contributed by atoms with Crippen LogP contribution in [0.2, 0.25) is 0 Å². The third-order valence-electron chi connectivity index (χ3n) is 6.86. The topological polar surface area (TPSA) is 49.8 Å². The number of rotatable bonds is 4. The normalized spacial score (nSPS) is 17.4. The predicted octanol–water partition coefficient (Wildman–Crippen LogP) is 5.87. The van der Waals surface area contributed by atoms with Crippen LogP contribution in [0, 0.1) is 16.7 Å². The minimum atomic E-state index is -0.574. The van der Waals surface area contributed by atoms with E-state index < -0.39 is 5.41 Å². The summed E-state index contributed by atoms with van der Waals surface area (Å²) in [4.78, 5) is 0. The van der Waals surface area contributed by atoms with Crippen molar-refractivity contribution >= 4 is 0 Å². The Labute approximate surface area is 178 Å². The number of benzene rings is 3. The molecule has 146 valence electrons. The molecule has 2 N–H and O–H groups in total. The first-order chi connectivity index (χ1) is 14.7. The first-order valence-corrected chi connectivity index (χ1v) is 10.5. The summed E-state index contributed by atoms with van der Waals surface area (Å²) < 4.78 is 0. The van der Waals surface area contributed by atoms with E-state index in [9.17, 15) is 5.26 Å². The SMILES string of the molecule is N#CC1=C(N)C(C(c2ccccc2)(c2ccccc2)c2ccccc2)=CC12CCC2. The van der Waals surface area contributed by atoms with Gasteiger partial charge < -0.3 is 5.73 Å². The van der Waals surface area contributed by atoms with E-state index >= 15 is 0 Å². The molecule has 30 heavy (non-hydrogen) atoms. The molecular weight excluding hydrogens is 364 g/mol. The van der Waals surface area contributed by atoms with E-state index in [1.165, 1.54) is 0 Å². The van der Waals surface area contributed by atoms with Crippen LogP contribution >= 0.6 is 0 Å². The van der Waals surface area contributed by atoms with Crippen LogP contribution in [0.25, 0.3) is 0 Å². The molecule has 3 aromatic carbocycles. The van der Waals surface area contributed by atoms with Crippen molar-refractivity contribution in [2.24, 2.45) is 11.1 Å². The molecule has 1 fully saturated rings. The Bertz CT molecular complexity index is 1060. The highest BCUT2D eigenvalue weighted by atomic mass is 14.7. The minimum absolute atomic E-state index is 0.197. The monoisotopic (exact) mass is 388 g/mol. The molecule has 0 aliphatic heterocycles. The zero-order valence-electron chi connectivity index (χ0n) is 16.9. The highest BCUT2D eigenvalue weighted by molar-refractivity contribution is 5.68. The molecular formula is C28H24N2.